The van der Waals surface area contributed by atoms with E-state index in [-0.39, 0.29) is 20.1 Å². The molecule has 0 N–H and O–H groups in total. The van der Waals surface area contributed by atoms with Gasteiger partial charge in [0.05, 0.1) is 11.4 Å². The summed E-state index contributed by atoms with van der Waals surface area (Å²) in [6, 6.07) is 11.4. The first kappa shape index (κ1) is 17.6. The van der Waals surface area contributed by atoms with Crippen LogP contribution in [0.4, 0.5) is 0 Å². The summed E-state index contributed by atoms with van der Waals surface area (Å²) in [6.07, 6.45) is 3.79. The summed E-state index contributed by atoms with van der Waals surface area (Å²) in [6.45, 7) is 8.22. The van der Waals surface area contributed by atoms with E-state index < -0.39 is 0 Å². The van der Waals surface area contributed by atoms with Crippen LogP contribution >= 0.6 is 0 Å². The molecule has 0 amide bonds. The van der Waals surface area contributed by atoms with Gasteiger partial charge in [0.2, 0.25) is 0 Å². The van der Waals surface area contributed by atoms with Gasteiger partial charge in [-0.1, -0.05) is 23.3 Å². The molecule has 129 valence electrons. The Labute approximate surface area is 160 Å². The second kappa shape index (κ2) is 6.58. The molecule has 25 heavy (non-hydrogen) atoms. The van der Waals surface area contributed by atoms with Gasteiger partial charge in [-0.3, -0.25) is 4.98 Å². The number of nitrogens with zero attached hydrogens (tertiary/aromatic N) is 3. The molecule has 1 radical (unpaired) electrons. The van der Waals surface area contributed by atoms with Gasteiger partial charge in [-0.05, 0) is 31.9 Å². The van der Waals surface area contributed by atoms with Crippen LogP contribution in [-0.4, -0.2) is 14.5 Å². The standard InChI is InChI=1S/C20H18N3O.Ir/c1-12-10-13(2)18(14(3)11-12)23-9-8-21-20(23)16-6-5-7-17-19(16)24-15(4)22-17;/h5,7-11H,1-4H3;/q-1;. The van der Waals surface area contributed by atoms with Crippen molar-refractivity contribution in [3.63, 3.8) is 0 Å². The first-order valence-electron chi connectivity index (χ1n) is 7.94. The van der Waals surface area contributed by atoms with E-state index in [2.05, 4.69) is 53.5 Å². The van der Waals surface area contributed by atoms with Crippen LogP contribution in [0.2, 0.25) is 0 Å². The van der Waals surface area contributed by atoms with Crippen molar-refractivity contribution in [2.45, 2.75) is 27.7 Å². The van der Waals surface area contributed by atoms with Gasteiger partial charge in [-0.15, -0.1) is 18.2 Å². The summed E-state index contributed by atoms with van der Waals surface area (Å²) in [7, 11) is 0. The van der Waals surface area contributed by atoms with Crippen molar-refractivity contribution in [3.05, 3.63) is 65.3 Å². The molecule has 0 aliphatic heterocycles. The molecule has 0 unspecified atom stereocenters. The zero-order chi connectivity index (χ0) is 16.8. The van der Waals surface area contributed by atoms with E-state index in [9.17, 15) is 0 Å². The van der Waals surface area contributed by atoms with Crippen molar-refractivity contribution in [1.29, 1.82) is 0 Å². The molecule has 4 nitrogen and oxygen atoms in total. The number of aromatic nitrogens is 3. The Kier molecular flexibility index (Phi) is 4.63. The van der Waals surface area contributed by atoms with Gasteiger partial charge < -0.3 is 8.98 Å². The predicted octanol–water partition coefficient (Wildman–Crippen LogP) is 4.71. The van der Waals surface area contributed by atoms with Crippen molar-refractivity contribution >= 4 is 11.1 Å². The van der Waals surface area contributed by atoms with Crippen LogP contribution in [0.25, 0.3) is 28.2 Å². The molecule has 0 aliphatic rings. The first-order valence-corrected chi connectivity index (χ1v) is 7.94. The van der Waals surface area contributed by atoms with Crippen LogP contribution in [0.3, 0.4) is 0 Å². The fourth-order valence-corrected chi connectivity index (χ4v) is 3.39. The average molecular weight is 509 g/mol. The predicted molar refractivity (Wildman–Crippen MR) is 94.4 cm³/mol. The Morgan fingerprint density at radius 1 is 1.08 bits per heavy atom. The maximum Gasteiger partial charge on any atom is 0.180 e. The molecule has 2 aromatic heterocycles. The van der Waals surface area contributed by atoms with Gasteiger partial charge in [0.25, 0.3) is 0 Å². The van der Waals surface area contributed by atoms with Crippen molar-refractivity contribution in [2.24, 2.45) is 0 Å². The van der Waals surface area contributed by atoms with Gasteiger partial charge >= 0.3 is 0 Å². The molecule has 0 bridgehead atoms. The summed E-state index contributed by atoms with van der Waals surface area (Å²) in [4.78, 5) is 8.98. The van der Waals surface area contributed by atoms with E-state index in [0.29, 0.717) is 5.89 Å². The molecular formula is C20H18IrN3O-. The van der Waals surface area contributed by atoms with Crippen molar-refractivity contribution < 1.29 is 24.5 Å². The number of aryl methyl sites for hydroxylation is 4. The molecule has 0 aliphatic carbocycles. The van der Waals surface area contributed by atoms with E-state index in [1.165, 1.54) is 16.7 Å². The van der Waals surface area contributed by atoms with Crippen LogP contribution in [0, 0.1) is 33.8 Å². The molecule has 4 rings (SSSR count). The summed E-state index contributed by atoms with van der Waals surface area (Å²) in [5.74, 6) is 1.46. The summed E-state index contributed by atoms with van der Waals surface area (Å²) in [5.41, 5.74) is 7.22. The van der Waals surface area contributed by atoms with Crippen LogP contribution in [0.5, 0.6) is 0 Å². The van der Waals surface area contributed by atoms with Crippen molar-refractivity contribution in [3.8, 4) is 17.1 Å². The topological polar surface area (TPSA) is 43.9 Å². The molecule has 5 heteroatoms. The monoisotopic (exact) mass is 509 g/mol. The third-order valence-corrected chi connectivity index (χ3v) is 4.20. The minimum absolute atomic E-state index is 0. The first-order chi connectivity index (χ1) is 11.5. The minimum atomic E-state index is 0. The molecule has 0 fully saturated rings. The van der Waals surface area contributed by atoms with Gasteiger partial charge in [0, 0.05) is 50.6 Å². The molecule has 2 heterocycles. The summed E-state index contributed by atoms with van der Waals surface area (Å²) in [5, 5.41) is 0. The van der Waals surface area contributed by atoms with Gasteiger partial charge in [0.1, 0.15) is 0 Å². The molecule has 4 aromatic rings. The number of hydrogen-bond donors (Lipinski definition) is 0. The zero-order valence-corrected chi connectivity index (χ0v) is 16.9. The number of benzene rings is 2. The van der Waals surface area contributed by atoms with Gasteiger partial charge in [-0.2, -0.15) is 0 Å². The largest absolute Gasteiger partial charge is 0.488 e. The average Bonchev–Trinajstić information content (AvgIpc) is 3.11. The number of imidazole rings is 1. The van der Waals surface area contributed by atoms with Crippen LogP contribution in [0.1, 0.15) is 22.6 Å². The summed E-state index contributed by atoms with van der Waals surface area (Å²) >= 11 is 0. The molecule has 0 spiro atoms. The Morgan fingerprint density at radius 2 is 1.80 bits per heavy atom. The van der Waals surface area contributed by atoms with E-state index in [4.69, 9.17) is 4.42 Å². The van der Waals surface area contributed by atoms with Crippen LogP contribution in [-0.2, 0) is 20.1 Å². The Morgan fingerprint density at radius 3 is 2.52 bits per heavy atom. The van der Waals surface area contributed by atoms with E-state index in [1.807, 2.05) is 31.5 Å². The van der Waals surface area contributed by atoms with Crippen molar-refractivity contribution in [2.75, 3.05) is 0 Å². The number of fused-ring (bicyclic) bond motifs is 1. The van der Waals surface area contributed by atoms with E-state index >= 15 is 0 Å². The normalized spacial score (nSPS) is 10.9. The smallest absolute Gasteiger partial charge is 0.180 e. The SMILES string of the molecule is Cc1cc(C)c(-n2ccnc2-c2[c-]ccc3nc(C)oc23)c(C)c1.[Ir]. The van der Waals surface area contributed by atoms with E-state index in [1.54, 1.807) is 0 Å². The summed E-state index contributed by atoms with van der Waals surface area (Å²) < 4.78 is 7.90. The van der Waals surface area contributed by atoms with Crippen LogP contribution in [0.15, 0.2) is 41.1 Å². The van der Waals surface area contributed by atoms with Crippen LogP contribution < -0.4 is 0 Å². The van der Waals surface area contributed by atoms with Gasteiger partial charge in [0.15, 0.2) is 5.89 Å². The minimum Gasteiger partial charge on any atom is -0.488 e. The second-order valence-electron chi connectivity index (χ2n) is 6.17. The fourth-order valence-electron chi connectivity index (χ4n) is 3.39. The molecule has 0 saturated carbocycles. The maximum absolute atomic E-state index is 5.80. The molecule has 0 atom stereocenters. The number of oxazole rings is 1. The second-order valence-corrected chi connectivity index (χ2v) is 6.17. The number of hydrogen-bond acceptors (Lipinski definition) is 3. The maximum atomic E-state index is 5.80. The Hall–Kier alpha value is -2.23. The third-order valence-electron chi connectivity index (χ3n) is 4.20. The molecular weight excluding hydrogens is 490 g/mol. The Balaban J connectivity index is 0.00000182. The molecule has 0 saturated heterocycles. The quantitative estimate of drug-likeness (QED) is 0.369. The zero-order valence-electron chi connectivity index (χ0n) is 14.5. The number of rotatable bonds is 2. The molecule has 2 aromatic carbocycles. The third kappa shape index (κ3) is 2.94. The van der Waals surface area contributed by atoms with Crippen molar-refractivity contribution in [1.82, 2.24) is 14.5 Å². The van der Waals surface area contributed by atoms with E-state index in [0.717, 1.165) is 28.2 Å². The fraction of sp³-hybridized carbons (Fsp3) is 0.200. The Bertz CT molecular complexity index is 1040. The van der Waals surface area contributed by atoms with Gasteiger partial charge in [-0.25, -0.2) is 4.98 Å².